The summed E-state index contributed by atoms with van der Waals surface area (Å²) >= 11 is 0. The van der Waals surface area contributed by atoms with Gasteiger partial charge in [0.2, 0.25) is 0 Å². The van der Waals surface area contributed by atoms with Crippen molar-refractivity contribution < 1.29 is 4.79 Å². The zero-order chi connectivity index (χ0) is 26.0. The van der Waals surface area contributed by atoms with Gasteiger partial charge in [-0.3, -0.25) is 4.79 Å². The number of carbonyl (C=O) groups excluding carboxylic acids is 1. The third-order valence-electron chi connectivity index (χ3n) is 6.75. The molecule has 0 heterocycles. The summed E-state index contributed by atoms with van der Waals surface area (Å²) in [5.74, 6) is -0.133. The van der Waals surface area contributed by atoms with E-state index in [4.69, 9.17) is 0 Å². The van der Waals surface area contributed by atoms with E-state index in [1.165, 1.54) is 0 Å². The molecule has 0 unspecified atom stereocenters. The number of anilines is 1. The van der Waals surface area contributed by atoms with E-state index in [2.05, 4.69) is 75.1 Å². The van der Waals surface area contributed by atoms with Crippen LogP contribution >= 0.6 is 0 Å². The Kier molecular flexibility index (Phi) is 6.50. The third-order valence-corrected chi connectivity index (χ3v) is 6.75. The van der Waals surface area contributed by atoms with Crippen LogP contribution in [0.15, 0.2) is 122 Å². The minimum Gasteiger partial charge on any atom is -0.321 e. The number of carbonyl (C=O) groups is 1. The van der Waals surface area contributed by atoms with Crippen molar-refractivity contribution in [1.29, 1.82) is 0 Å². The van der Waals surface area contributed by atoms with Gasteiger partial charge in [0.15, 0.2) is 0 Å². The average molecular weight is 482 g/mol. The molecule has 0 radical (unpaired) electrons. The quantitative estimate of drug-likeness (QED) is 0.266. The standard InChI is InChI=1S/C35H31NO/c1-24(25-13-7-5-8-14-25)31-22-30(26-15-9-6-10-16-26)23-32(35(2,3)4)33(31)36-34(37)29-20-19-27-17-11-12-18-28(27)21-29/h5-23H,1H2,2-4H3,(H,36,37). The minimum absolute atomic E-state index is 0.133. The Hall–Kier alpha value is -4.43. The van der Waals surface area contributed by atoms with E-state index in [-0.39, 0.29) is 11.3 Å². The van der Waals surface area contributed by atoms with Crippen molar-refractivity contribution in [2.45, 2.75) is 26.2 Å². The molecule has 0 spiro atoms. The predicted octanol–water partition coefficient (Wildman–Crippen LogP) is 9.12. The van der Waals surface area contributed by atoms with Crippen LogP contribution in [0.3, 0.4) is 0 Å². The highest BCUT2D eigenvalue weighted by atomic mass is 16.1. The lowest BCUT2D eigenvalue weighted by Gasteiger charge is -2.27. The van der Waals surface area contributed by atoms with Crippen molar-refractivity contribution in [3.8, 4) is 11.1 Å². The maximum Gasteiger partial charge on any atom is 0.255 e. The summed E-state index contributed by atoms with van der Waals surface area (Å²) < 4.78 is 0. The maximum absolute atomic E-state index is 13.7. The molecule has 2 nitrogen and oxygen atoms in total. The smallest absolute Gasteiger partial charge is 0.255 e. The van der Waals surface area contributed by atoms with Crippen molar-refractivity contribution in [3.63, 3.8) is 0 Å². The van der Waals surface area contributed by atoms with Crippen LogP contribution in [0.5, 0.6) is 0 Å². The number of hydrogen-bond acceptors (Lipinski definition) is 1. The van der Waals surface area contributed by atoms with Crippen LogP contribution in [0.25, 0.3) is 27.5 Å². The number of hydrogen-bond donors (Lipinski definition) is 1. The fraction of sp³-hybridized carbons (Fsp3) is 0.114. The van der Waals surface area contributed by atoms with Crippen LogP contribution in [-0.2, 0) is 5.41 Å². The first-order chi connectivity index (χ1) is 17.8. The van der Waals surface area contributed by atoms with Crippen LogP contribution in [0.4, 0.5) is 5.69 Å². The Morgan fingerprint density at radius 2 is 1.27 bits per heavy atom. The van der Waals surface area contributed by atoms with E-state index < -0.39 is 0 Å². The van der Waals surface area contributed by atoms with Gasteiger partial charge >= 0.3 is 0 Å². The molecule has 0 aliphatic carbocycles. The molecule has 0 aromatic heterocycles. The van der Waals surface area contributed by atoms with E-state index in [1.54, 1.807) is 0 Å². The van der Waals surface area contributed by atoms with Gasteiger partial charge in [-0.25, -0.2) is 0 Å². The summed E-state index contributed by atoms with van der Waals surface area (Å²) in [4.78, 5) is 13.7. The van der Waals surface area contributed by atoms with Gasteiger partial charge in [-0.05, 0) is 68.3 Å². The normalized spacial score (nSPS) is 11.3. The largest absolute Gasteiger partial charge is 0.321 e. The fourth-order valence-electron chi connectivity index (χ4n) is 4.71. The van der Waals surface area contributed by atoms with Crippen molar-refractivity contribution >= 4 is 27.9 Å². The Bertz CT molecular complexity index is 1590. The number of nitrogens with one attached hydrogen (secondary N) is 1. The number of benzene rings is 5. The molecule has 1 N–H and O–H groups in total. The highest BCUT2D eigenvalue weighted by Gasteiger charge is 2.25. The SMILES string of the molecule is C=C(c1ccccc1)c1cc(-c2ccccc2)cc(C(C)(C)C)c1NC(=O)c1ccc2ccccc2c1. The Morgan fingerprint density at radius 3 is 1.95 bits per heavy atom. The van der Waals surface area contributed by atoms with Crippen molar-refractivity contribution in [1.82, 2.24) is 0 Å². The summed E-state index contributed by atoms with van der Waals surface area (Å²) in [5, 5.41) is 5.45. The van der Waals surface area contributed by atoms with Gasteiger partial charge in [0.1, 0.15) is 0 Å². The first kappa shape index (κ1) is 24.3. The van der Waals surface area contributed by atoms with Crippen LogP contribution in [0, 0.1) is 0 Å². The van der Waals surface area contributed by atoms with Crippen LogP contribution in [0.1, 0.15) is 47.8 Å². The summed E-state index contributed by atoms with van der Waals surface area (Å²) in [6, 6.07) is 38.8. The molecule has 5 aromatic rings. The van der Waals surface area contributed by atoms with E-state index in [0.717, 1.165) is 49.9 Å². The number of rotatable bonds is 5. The molecule has 0 bridgehead atoms. The highest BCUT2D eigenvalue weighted by Crippen LogP contribution is 2.41. The lowest BCUT2D eigenvalue weighted by atomic mass is 9.80. The molecule has 182 valence electrons. The third kappa shape index (κ3) is 5.10. The monoisotopic (exact) mass is 481 g/mol. The predicted molar refractivity (Wildman–Crippen MR) is 157 cm³/mol. The van der Waals surface area contributed by atoms with E-state index in [1.807, 2.05) is 72.8 Å². The maximum atomic E-state index is 13.7. The average Bonchev–Trinajstić information content (AvgIpc) is 2.92. The zero-order valence-corrected chi connectivity index (χ0v) is 21.6. The van der Waals surface area contributed by atoms with Crippen LogP contribution in [0.2, 0.25) is 0 Å². The Morgan fingerprint density at radius 1 is 0.649 bits per heavy atom. The van der Waals surface area contributed by atoms with Gasteiger partial charge in [-0.15, -0.1) is 0 Å². The second kappa shape index (κ2) is 9.91. The number of fused-ring (bicyclic) bond motifs is 1. The van der Waals surface area contributed by atoms with E-state index in [0.29, 0.717) is 5.56 Å². The van der Waals surface area contributed by atoms with Gasteiger partial charge in [0.05, 0.1) is 5.69 Å². The number of amides is 1. The van der Waals surface area contributed by atoms with Gasteiger partial charge in [0, 0.05) is 11.1 Å². The topological polar surface area (TPSA) is 29.1 Å². The first-order valence-corrected chi connectivity index (χ1v) is 12.6. The second-order valence-corrected chi connectivity index (χ2v) is 10.4. The molecule has 0 atom stereocenters. The molecular weight excluding hydrogens is 450 g/mol. The molecule has 37 heavy (non-hydrogen) atoms. The molecule has 0 aliphatic heterocycles. The molecule has 0 fully saturated rings. The first-order valence-electron chi connectivity index (χ1n) is 12.6. The summed E-state index contributed by atoms with van der Waals surface area (Å²) in [5.41, 5.74) is 7.32. The molecule has 0 aliphatic rings. The lowest BCUT2D eigenvalue weighted by molar-refractivity contribution is 0.102. The van der Waals surface area contributed by atoms with Gasteiger partial charge < -0.3 is 5.32 Å². The molecule has 5 aromatic carbocycles. The van der Waals surface area contributed by atoms with Crippen molar-refractivity contribution in [2.75, 3.05) is 5.32 Å². The zero-order valence-electron chi connectivity index (χ0n) is 21.6. The summed E-state index contributed by atoms with van der Waals surface area (Å²) in [7, 11) is 0. The van der Waals surface area contributed by atoms with Crippen LogP contribution < -0.4 is 5.32 Å². The molecular formula is C35H31NO. The molecule has 5 rings (SSSR count). The van der Waals surface area contributed by atoms with Crippen LogP contribution in [-0.4, -0.2) is 5.91 Å². The summed E-state index contributed by atoms with van der Waals surface area (Å²) in [6.07, 6.45) is 0. The molecule has 2 heteroatoms. The van der Waals surface area contributed by atoms with E-state index in [9.17, 15) is 4.79 Å². The molecule has 0 saturated carbocycles. The van der Waals surface area contributed by atoms with Crippen molar-refractivity contribution in [3.05, 3.63) is 144 Å². The molecule has 1 amide bonds. The second-order valence-electron chi connectivity index (χ2n) is 10.4. The lowest BCUT2D eigenvalue weighted by Crippen LogP contribution is -2.20. The van der Waals surface area contributed by atoms with Gasteiger partial charge in [0.25, 0.3) is 5.91 Å². The minimum atomic E-state index is -0.220. The van der Waals surface area contributed by atoms with E-state index >= 15 is 0 Å². The van der Waals surface area contributed by atoms with Gasteiger partial charge in [-0.2, -0.15) is 0 Å². The Labute approximate surface area is 219 Å². The Balaban J connectivity index is 1.68. The van der Waals surface area contributed by atoms with Crippen molar-refractivity contribution in [2.24, 2.45) is 0 Å². The molecule has 0 saturated heterocycles. The van der Waals surface area contributed by atoms with Gasteiger partial charge in [-0.1, -0.05) is 118 Å². The fourth-order valence-corrected chi connectivity index (χ4v) is 4.71. The summed E-state index contributed by atoms with van der Waals surface area (Å²) in [6.45, 7) is 11.0. The highest BCUT2D eigenvalue weighted by molar-refractivity contribution is 6.09.